The molecule has 0 radical (unpaired) electrons. The van der Waals surface area contributed by atoms with Gasteiger partial charge >= 0.3 is 5.97 Å². The number of aryl methyl sites for hydroxylation is 1. The van der Waals surface area contributed by atoms with Crippen molar-refractivity contribution in [3.63, 3.8) is 0 Å². The molecule has 0 unspecified atom stereocenters. The third-order valence-electron chi connectivity index (χ3n) is 4.99. The standard InChI is InChI=1S/C26H22N2O4/c1-17-7-9-18(10-8-17)24-15-22(21-5-3-4-6-23(21)28-24)26(30)32-16-25(29)27-19-11-13-20(31-2)14-12-19/h3-15H,16H2,1-2H3,(H,27,29). The molecule has 0 saturated heterocycles. The van der Waals surface area contributed by atoms with E-state index in [-0.39, 0.29) is 0 Å². The molecule has 32 heavy (non-hydrogen) atoms. The van der Waals surface area contributed by atoms with Crippen molar-refractivity contribution in [2.45, 2.75) is 6.92 Å². The van der Waals surface area contributed by atoms with Crippen LogP contribution in [0.25, 0.3) is 22.2 Å². The molecule has 0 saturated carbocycles. The molecule has 4 rings (SSSR count). The molecule has 0 fully saturated rings. The number of hydrogen-bond acceptors (Lipinski definition) is 5. The van der Waals surface area contributed by atoms with Crippen LogP contribution in [-0.2, 0) is 9.53 Å². The monoisotopic (exact) mass is 426 g/mol. The largest absolute Gasteiger partial charge is 0.497 e. The van der Waals surface area contributed by atoms with E-state index < -0.39 is 18.5 Å². The van der Waals surface area contributed by atoms with Crippen LogP contribution in [0.2, 0.25) is 0 Å². The molecule has 0 aliphatic carbocycles. The lowest BCUT2D eigenvalue weighted by atomic mass is 10.0. The second-order valence-electron chi connectivity index (χ2n) is 7.29. The average molecular weight is 426 g/mol. The minimum Gasteiger partial charge on any atom is -0.497 e. The predicted octanol–water partition coefficient (Wildman–Crippen LogP) is 5.01. The molecule has 0 aliphatic rings. The number of para-hydroxylation sites is 1. The van der Waals surface area contributed by atoms with E-state index in [1.54, 1.807) is 37.4 Å². The van der Waals surface area contributed by atoms with Crippen LogP contribution in [-0.4, -0.2) is 30.6 Å². The second kappa shape index (κ2) is 9.31. The van der Waals surface area contributed by atoms with Crippen LogP contribution in [0.5, 0.6) is 5.75 Å². The highest BCUT2D eigenvalue weighted by molar-refractivity contribution is 6.05. The van der Waals surface area contributed by atoms with Gasteiger partial charge in [-0.05, 0) is 43.3 Å². The van der Waals surface area contributed by atoms with Gasteiger partial charge in [0.2, 0.25) is 0 Å². The Hall–Kier alpha value is -4.19. The fraction of sp³-hybridized carbons (Fsp3) is 0.115. The number of benzene rings is 3. The summed E-state index contributed by atoms with van der Waals surface area (Å²) >= 11 is 0. The zero-order valence-electron chi connectivity index (χ0n) is 17.8. The number of anilines is 1. The van der Waals surface area contributed by atoms with Gasteiger partial charge in [0.1, 0.15) is 5.75 Å². The molecule has 6 heteroatoms. The summed E-state index contributed by atoms with van der Waals surface area (Å²) in [5.74, 6) is -0.328. The number of hydrogen-bond donors (Lipinski definition) is 1. The number of carbonyl (C=O) groups is 2. The van der Waals surface area contributed by atoms with Gasteiger partial charge in [-0.3, -0.25) is 4.79 Å². The summed E-state index contributed by atoms with van der Waals surface area (Å²) in [5.41, 5.74) is 4.33. The van der Waals surface area contributed by atoms with Crippen molar-refractivity contribution in [2.24, 2.45) is 0 Å². The smallest absolute Gasteiger partial charge is 0.339 e. The number of esters is 1. The first-order valence-electron chi connectivity index (χ1n) is 10.1. The zero-order valence-corrected chi connectivity index (χ0v) is 17.8. The molecule has 1 heterocycles. The number of amides is 1. The molecule has 160 valence electrons. The lowest BCUT2D eigenvalue weighted by molar-refractivity contribution is -0.119. The Labute approximate surface area is 185 Å². The fourth-order valence-corrected chi connectivity index (χ4v) is 3.30. The Balaban J connectivity index is 1.53. The Morgan fingerprint density at radius 1 is 0.938 bits per heavy atom. The molecule has 6 nitrogen and oxygen atoms in total. The van der Waals surface area contributed by atoms with Gasteiger partial charge in [-0.15, -0.1) is 0 Å². The summed E-state index contributed by atoms with van der Waals surface area (Å²) in [6.45, 7) is 1.61. The van der Waals surface area contributed by atoms with Crippen molar-refractivity contribution < 1.29 is 19.1 Å². The number of aromatic nitrogens is 1. The maximum atomic E-state index is 12.9. The van der Waals surface area contributed by atoms with Crippen LogP contribution in [0.3, 0.4) is 0 Å². The molecular formula is C26H22N2O4. The number of nitrogens with one attached hydrogen (secondary N) is 1. The van der Waals surface area contributed by atoms with Crippen LogP contribution in [0.15, 0.2) is 78.9 Å². The number of rotatable bonds is 6. The average Bonchev–Trinajstić information content (AvgIpc) is 2.83. The van der Waals surface area contributed by atoms with Crippen LogP contribution >= 0.6 is 0 Å². The van der Waals surface area contributed by atoms with Crippen molar-refractivity contribution in [1.29, 1.82) is 0 Å². The van der Waals surface area contributed by atoms with Gasteiger partial charge < -0.3 is 14.8 Å². The van der Waals surface area contributed by atoms with Crippen LogP contribution in [0.4, 0.5) is 5.69 Å². The van der Waals surface area contributed by atoms with Gasteiger partial charge in [-0.2, -0.15) is 0 Å². The number of fused-ring (bicyclic) bond motifs is 1. The summed E-state index contributed by atoms with van der Waals surface area (Å²) in [5, 5.41) is 3.37. The molecule has 3 aromatic carbocycles. The van der Waals surface area contributed by atoms with Crippen LogP contribution in [0, 0.1) is 6.92 Å². The topological polar surface area (TPSA) is 77.5 Å². The zero-order chi connectivity index (χ0) is 22.5. The Kier molecular flexibility index (Phi) is 6.12. The number of pyridine rings is 1. The maximum Gasteiger partial charge on any atom is 0.339 e. The highest BCUT2D eigenvalue weighted by atomic mass is 16.5. The quantitative estimate of drug-likeness (QED) is 0.438. The minimum absolute atomic E-state index is 0.364. The first kappa shape index (κ1) is 21.1. The fourth-order valence-electron chi connectivity index (χ4n) is 3.30. The van der Waals surface area contributed by atoms with E-state index in [0.717, 1.165) is 11.1 Å². The molecule has 1 aromatic heterocycles. The Morgan fingerprint density at radius 3 is 2.38 bits per heavy atom. The van der Waals surface area contributed by atoms with E-state index >= 15 is 0 Å². The molecule has 1 amide bonds. The van der Waals surface area contributed by atoms with Gasteiger partial charge in [0.25, 0.3) is 5.91 Å². The predicted molar refractivity (Wildman–Crippen MR) is 124 cm³/mol. The van der Waals surface area contributed by atoms with E-state index in [1.165, 1.54) is 0 Å². The van der Waals surface area contributed by atoms with Gasteiger partial charge in [0.15, 0.2) is 6.61 Å². The number of carbonyl (C=O) groups excluding carboxylic acids is 2. The number of methoxy groups -OCH3 is 1. The minimum atomic E-state index is -0.582. The van der Waals surface area contributed by atoms with Crippen LogP contribution < -0.4 is 10.1 Å². The normalized spacial score (nSPS) is 10.6. The lowest BCUT2D eigenvalue weighted by Crippen LogP contribution is -2.21. The third kappa shape index (κ3) is 4.75. The highest BCUT2D eigenvalue weighted by Gasteiger charge is 2.16. The van der Waals surface area contributed by atoms with E-state index in [9.17, 15) is 9.59 Å². The Bertz CT molecular complexity index is 1270. The van der Waals surface area contributed by atoms with Crippen molar-refractivity contribution in [2.75, 3.05) is 19.0 Å². The molecule has 0 aliphatic heterocycles. The third-order valence-corrected chi connectivity index (χ3v) is 4.99. The number of ether oxygens (including phenoxy) is 2. The SMILES string of the molecule is COc1ccc(NC(=O)COC(=O)c2cc(-c3ccc(C)cc3)nc3ccccc23)cc1. The molecule has 1 N–H and O–H groups in total. The van der Waals surface area contributed by atoms with Crippen molar-refractivity contribution in [3.05, 3.63) is 90.0 Å². The van der Waals surface area contributed by atoms with Gasteiger partial charge in [0, 0.05) is 16.6 Å². The molecule has 0 bridgehead atoms. The van der Waals surface area contributed by atoms with Gasteiger partial charge in [0.05, 0.1) is 23.9 Å². The molecular weight excluding hydrogens is 404 g/mol. The van der Waals surface area contributed by atoms with Gasteiger partial charge in [-0.1, -0.05) is 48.0 Å². The summed E-state index contributed by atoms with van der Waals surface area (Å²) in [6.07, 6.45) is 0. The van der Waals surface area contributed by atoms with Crippen molar-refractivity contribution in [1.82, 2.24) is 4.98 Å². The first-order valence-corrected chi connectivity index (χ1v) is 10.1. The van der Waals surface area contributed by atoms with Crippen molar-refractivity contribution >= 4 is 28.5 Å². The number of nitrogens with zero attached hydrogens (tertiary/aromatic N) is 1. The Morgan fingerprint density at radius 2 is 1.66 bits per heavy atom. The van der Waals surface area contributed by atoms with E-state index in [0.29, 0.717) is 33.6 Å². The first-order chi connectivity index (χ1) is 15.5. The van der Waals surface area contributed by atoms with Gasteiger partial charge in [-0.25, -0.2) is 9.78 Å². The van der Waals surface area contributed by atoms with Crippen LogP contribution in [0.1, 0.15) is 15.9 Å². The van der Waals surface area contributed by atoms with E-state index in [4.69, 9.17) is 9.47 Å². The highest BCUT2D eigenvalue weighted by Crippen LogP contribution is 2.26. The molecule has 4 aromatic rings. The second-order valence-corrected chi connectivity index (χ2v) is 7.29. The lowest BCUT2D eigenvalue weighted by Gasteiger charge is -2.11. The van der Waals surface area contributed by atoms with Crippen molar-refractivity contribution in [3.8, 4) is 17.0 Å². The summed E-state index contributed by atoms with van der Waals surface area (Å²) in [4.78, 5) is 29.8. The van der Waals surface area contributed by atoms with E-state index in [2.05, 4.69) is 10.3 Å². The van der Waals surface area contributed by atoms with E-state index in [1.807, 2.05) is 55.5 Å². The molecule has 0 spiro atoms. The summed E-state index contributed by atoms with van der Waals surface area (Å²) in [6, 6.07) is 23.9. The maximum absolute atomic E-state index is 12.9. The summed E-state index contributed by atoms with van der Waals surface area (Å²) in [7, 11) is 1.57. The summed E-state index contributed by atoms with van der Waals surface area (Å²) < 4.78 is 10.4. The molecule has 0 atom stereocenters.